The van der Waals surface area contributed by atoms with Crippen molar-refractivity contribution in [1.29, 1.82) is 0 Å². The second-order valence-corrected chi connectivity index (χ2v) is 9.83. The van der Waals surface area contributed by atoms with Crippen LogP contribution in [0.1, 0.15) is 17.6 Å². The molecule has 0 aliphatic rings. The van der Waals surface area contributed by atoms with E-state index in [1.54, 1.807) is 19.1 Å². The first-order valence-corrected chi connectivity index (χ1v) is 12.0. The number of nitrogens with one attached hydrogen (secondary N) is 1. The molecule has 0 bridgehead atoms. The first-order valence-electron chi connectivity index (χ1n) is 8.66. The minimum Gasteiger partial charge on any atom is -0.616 e. The fourth-order valence-corrected chi connectivity index (χ4v) is 4.81. The molecule has 3 rings (SSSR count). The third-order valence-corrected chi connectivity index (χ3v) is 6.40. The molecule has 0 aliphatic heterocycles. The van der Waals surface area contributed by atoms with E-state index in [1.807, 2.05) is 0 Å². The highest BCUT2D eigenvalue weighted by Crippen LogP contribution is 2.37. The number of carbonyl (C=O) groups excluding carboxylic acids is 1. The Morgan fingerprint density at radius 3 is 2.74 bits per heavy atom. The Morgan fingerprint density at radius 1 is 1.42 bits per heavy atom. The third kappa shape index (κ3) is 5.72. The van der Waals surface area contributed by atoms with Crippen LogP contribution in [0.3, 0.4) is 0 Å². The molecule has 31 heavy (non-hydrogen) atoms. The maximum atomic E-state index is 13.1. The summed E-state index contributed by atoms with van der Waals surface area (Å²) in [6, 6.07) is 4.28. The number of rotatable bonds is 6. The molecule has 0 aliphatic carbocycles. The molecule has 6 nitrogen and oxygen atoms in total. The van der Waals surface area contributed by atoms with Crippen molar-refractivity contribution in [1.82, 2.24) is 19.9 Å². The van der Waals surface area contributed by atoms with Crippen molar-refractivity contribution in [2.75, 3.05) is 12.0 Å². The Labute approximate surface area is 192 Å². The van der Waals surface area contributed by atoms with Crippen molar-refractivity contribution < 1.29 is 22.5 Å². The molecule has 0 radical (unpaired) electrons. The number of benzene rings is 1. The number of imidazole rings is 1. The summed E-state index contributed by atoms with van der Waals surface area (Å²) in [7, 11) is 0. The molecule has 0 spiro atoms. The Morgan fingerprint density at radius 2 is 2.13 bits per heavy atom. The van der Waals surface area contributed by atoms with Gasteiger partial charge in [0.1, 0.15) is 11.4 Å². The minimum atomic E-state index is -4.63. The fraction of sp³-hybridized carbons (Fsp3) is 0.278. The van der Waals surface area contributed by atoms with Crippen LogP contribution >= 0.6 is 34.5 Å². The maximum Gasteiger partial charge on any atom is 0.445 e. The van der Waals surface area contributed by atoms with Gasteiger partial charge in [0.25, 0.3) is 0 Å². The van der Waals surface area contributed by atoms with Gasteiger partial charge in [-0.3, -0.25) is 4.79 Å². The van der Waals surface area contributed by atoms with Crippen LogP contribution in [0.2, 0.25) is 10.0 Å². The summed E-state index contributed by atoms with van der Waals surface area (Å²) in [5, 5.41) is 5.81. The van der Waals surface area contributed by atoms with Gasteiger partial charge in [-0.1, -0.05) is 45.7 Å². The van der Waals surface area contributed by atoms with Gasteiger partial charge >= 0.3 is 6.18 Å². The highest BCUT2D eigenvalue weighted by atomic mass is 35.5. The summed E-state index contributed by atoms with van der Waals surface area (Å²) in [5.74, 6) is -0.240. The maximum absolute atomic E-state index is 13.1. The lowest BCUT2D eigenvalue weighted by molar-refractivity contribution is -0.138. The van der Waals surface area contributed by atoms with Crippen molar-refractivity contribution in [3.05, 3.63) is 45.0 Å². The summed E-state index contributed by atoms with van der Waals surface area (Å²) in [6.45, 7) is 1.69. The van der Waals surface area contributed by atoms with Crippen molar-refractivity contribution in [3.63, 3.8) is 0 Å². The van der Waals surface area contributed by atoms with Gasteiger partial charge in [0.05, 0.1) is 23.0 Å². The van der Waals surface area contributed by atoms with Crippen molar-refractivity contribution in [2.45, 2.75) is 19.1 Å². The van der Waals surface area contributed by atoms with Gasteiger partial charge in [0.2, 0.25) is 15.9 Å². The largest absolute Gasteiger partial charge is 0.616 e. The summed E-state index contributed by atoms with van der Waals surface area (Å²) < 4.78 is 51.6. The molecular weight excluding hydrogens is 496 g/mol. The van der Waals surface area contributed by atoms with Crippen LogP contribution in [0, 0.1) is 0 Å². The van der Waals surface area contributed by atoms with E-state index in [9.17, 15) is 22.5 Å². The second kappa shape index (κ2) is 9.37. The van der Waals surface area contributed by atoms with Crippen LogP contribution in [-0.2, 0) is 22.1 Å². The van der Waals surface area contributed by atoms with E-state index in [2.05, 4.69) is 15.4 Å². The number of aromatic nitrogens is 3. The number of fused-ring (bicyclic) bond motifs is 1. The van der Waals surface area contributed by atoms with Crippen molar-refractivity contribution >= 4 is 62.7 Å². The van der Waals surface area contributed by atoms with E-state index in [4.69, 9.17) is 23.2 Å². The molecule has 2 aromatic heterocycles. The van der Waals surface area contributed by atoms with E-state index in [-0.39, 0.29) is 33.2 Å². The zero-order chi connectivity index (χ0) is 22.9. The Hall–Kier alpha value is -1.79. The lowest BCUT2D eigenvalue weighted by Gasteiger charge is -2.13. The normalized spacial score (nSPS) is 14.3. The van der Waals surface area contributed by atoms with E-state index >= 15 is 0 Å². The molecular formula is C18H15Cl2F3N4O2S2. The SMILES string of the molecule is C[C@@H](C[S+](C)[O-])NC(=O)/C=C/c1c(-c2ccc(Cl)cc2Cl)nc2sc(C(F)(F)F)nn12. The monoisotopic (exact) mass is 510 g/mol. The Kier molecular flexibility index (Phi) is 7.21. The average Bonchev–Trinajstić information content (AvgIpc) is 3.17. The zero-order valence-corrected chi connectivity index (χ0v) is 19.2. The van der Waals surface area contributed by atoms with Gasteiger partial charge in [-0.2, -0.15) is 13.2 Å². The van der Waals surface area contributed by atoms with Gasteiger partial charge in [-0.15, -0.1) is 5.10 Å². The number of hydrogen-bond donors (Lipinski definition) is 1. The van der Waals surface area contributed by atoms with Crippen molar-refractivity contribution in [3.8, 4) is 11.3 Å². The number of amides is 1. The topological polar surface area (TPSA) is 82.3 Å². The summed E-state index contributed by atoms with van der Waals surface area (Å²) in [5.41, 5.74) is 0.820. The number of carbonyl (C=O) groups is 1. The van der Waals surface area contributed by atoms with Crippen LogP contribution in [-0.4, -0.2) is 43.1 Å². The molecule has 0 fully saturated rings. The van der Waals surface area contributed by atoms with E-state index in [0.29, 0.717) is 21.9 Å². The predicted octanol–water partition coefficient (Wildman–Crippen LogP) is 4.68. The Balaban J connectivity index is 2.03. The van der Waals surface area contributed by atoms with Gasteiger partial charge in [-0.25, -0.2) is 9.50 Å². The smallest absolute Gasteiger partial charge is 0.445 e. The molecule has 2 heterocycles. The summed E-state index contributed by atoms with van der Waals surface area (Å²) >= 11 is 11.5. The van der Waals surface area contributed by atoms with Crippen LogP contribution in [0.5, 0.6) is 0 Å². The molecule has 166 valence electrons. The molecule has 2 atom stereocenters. The predicted molar refractivity (Wildman–Crippen MR) is 117 cm³/mol. The third-order valence-electron chi connectivity index (χ3n) is 3.93. The van der Waals surface area contributed by atoms with E-state index in [1.165, 1.54) is 18.4 Å². The molecule has 1 N–H and O–H groups in total. The standard InChI is InChI=1S/C18H15Cl2F3N4O2S2/c1-9(8-31(2)29)24-14(28)6-5-13-15(11-4-3-10(19)7-12(11)20)25-17-27(13)26-16(30-17)18(21,22)23/h3-7,9H,8H2,1-2H3,(H,24,28)/b6-5+/t9-,31?/m0/s1. The summed E-state index contributed by atoms with van der Waals surface area (Å²) in [6.07, 6.45) is -0.652. The molecule has 0 saturated carbocycles. The molecule has 1 unspecified atom stereocenters. The van der Waals surface area contributed by atoms with Gasteiger partial charge in [0.15, 0.2) is 0 Å². The number of alkyl halides is 3. The highest BCUT2D eigenvalue weighted by Gasteiger charge is 2.36. The second-order valence-electron chi connectivity index (χ2n) is 6.55. The molecule has 1 amide bonds. The minimum absolute atomic E-state index is 0.0110. The van der Waals surface area contributed by atoms with Crippen LogP contribution in [0.15, 0.2) is 24.3 Å². The van der Waals surface area contributed by atoms with Crippen molar-refractivity contribution in [2.24, 2.45) is 0 Å². The molecule has 3 aromatic rings. The number of halogens is 5. The van der Waals surface area contributed by atoms with Crippen LogP contribution in [0.4, 0.5) is 13.2 Å². The molecule has 1 aromatic carbocycles. The molecule has 13 heteroatoms. The fourth-order valence-electron chi connectivity index (χ4n) is 2.75. The quantitative estimate of drug-likeness (QED) is 0.385. The number of hydrogen-bond acceptors (Lipinski definition) is 5. The van der Waals surface area contributed by atoms with Gasteiger partial charge in [0, 0.05) is 16.7 Å². The first-order chi connectivity index (χ1) is 14.5. The lowest BCUT2D eigenvalue weighted by Crippen LogP contribution is -2.36. The van der Waals surface area contributed by atoms with E-state index < -0.39 is 28.3 Å². The average molecular weight is 511 g/mol. The van der Waals surface area contributed by atoms with Gasteiger partial charge < -0.3 is 9.87 Å². The number of nitrogens with zero attached hydrogens (tertiary/aromatic N) is 3. The lowest BCUT2D eigenvalue weighted by atomic mass is 10.1. The van der Waals surface area contributed by atoms with Crippen LogP contribution < -0.4 is 5.32 Å². The first kappa shape index (κ1) is 23.9. The van der Waals surface area contributed by atoms with E-state index in [0.717, 1.165) is 10.6 Å². The highest BCUT2D eigenvalue weighted by molar-refractivity contribution is 7.90. The zero-order valence-electron chi connectivity index (χ0n) is 16.0. The van der Waals surface area contributed by atoms with Crippen LogP contribution in [0.25, 0.3) is 22.3 Å². The van der Waals surface area contributed by atoms with Gasteiger partial charge in [-0.05, 0) is 31.2 Å². The Bertz CT molecular complexity index is 1140. The summed E-state index contributed by atoms with van der Waals surface area (Å²) in [4.78, 5) is 16.5. The molecule has 0 saturated heterocycles.